The molecule has 1 aliphatic rings. The molecule has 12 heavy (non-hydrogen) atoms. The third kappa shape index (κ3) is 1.89. The lowest BCUT2D eigenvalue weighted by Crippen LogP contribution is -2.16. The molecule has 0 unspecified atom stereocenters. The maximum Gasteiger partial charge on any atom is 0.196 e. The molecule has 1 aliphatic carbocycles. The number of hydrogen-bond donors (Lipinski definition) is 0. The van der Waals surface area contributed by atoms with Gasteiger partial charge in [0.2, 0.25) is 0 Å². The fourth-order valence-electron chi connectivity index (χ4n) is 0.975. The summed E-state index contributed by atoms with van der Waals surface area (Å²) in [5, 5.41) is 0. The summed E-state index contributed by atoms with van der Waals surface area (Å²) in [4.78, 5) is 11.4. The van der Waals surface area contributed by atoms with Crippen LogP contribution >= 0.6 is 12.2 Å². The molecule has 0 atom stereocenters. The van der Waals surface area contributed by atoms with E-state index in [0.29, 0.717) is 4.86 Å². The van der Waals surface area contributed by atoms with Crippen LogP contribution in [-0.2, 0) is 4.79 Å². The molecule has 0 spiro atoms. The van der Waals surface area contributed by atoms with E-state index in [1.165, 1.54) is 0 Å². The minimum absolute atomic E-state index is 0.0574. The minimum atomic E-state index is -0.0574. The number of hydrogen-bond acceptors (Lipinski definition) is 2. The number of thiocarbonyl (C=S) groups is 1. The molecule has 0 saturated carbocycles. The lowest BCUT2D eigenvalue weighted by atomic mass is 9.83. The minimum Gasteiger partial charge on any atom is -0.288 e. The van der Waals surface area contributed by atoms with E-state index in [2.05, 4.69) is 20.8 Å². The van der Waals surface area contributed by atoms with Crippen molar-refractivity contribution in [1.29, 1.82) is 0 Å². The Morgan fingerprint density at radius 3 is 2.25 bits per heavy atom. The summed E-state index contributed by atoms with van der Waals surface area (Å²) in [5.74, 6) is -0.0574. The highest BCUT2D eigenvalue weighted by molar-refractivity contribution is 7.82. The lowest BCUT2D eigenvalue weighted by Gasteiger charge is -2.21. The van der Waals surface area contributed by atoms with Crippen molar-refractivity contribution in [3.63, 3.8) is 0 Å². The fourth-order valence-corrected chi connectivity index (χ4v) is 1.17. The summed E-state index contributed by atoms with van der Waals surface area (Å²) in [6.45, 7) is 6.30. The second-order valence-corrected chi connectivity index (χ2v) is 4.35. The molecule has 0 fully saturated rings. The first-order chi connectivity index (χ1) is 5.41. The Morgan fingerprint density at radius 1 is 1.25 bits per heavy atom. The van der Waals surface area contributed by atoms with Gasteiger partial charge in [-0.15, -0.1) is 0 Å². The number of carbonyl (C=O) groups excluding carboxylic acids is 1. The van der Waals surface area contributed by atoms with Crippen LogP contribution in [0, 0.1) is 5.41 Å². The largest absolute Gasteiger partial charge is 0.288 e. The van der Waals surface area contributed by atoms with Gasteiger partial charge in [-0.3, -0.25) is 4.79 Å². The zero-order valence-electron chi connectivity index (χ0n) is 7.55. The second-order valence-electron chi connectivity index (χ2n) is 3.91. The van der Waals surface area contributed by atoms with Gasteiger partial charge in [-0.25, -0.2) is 0 Å². The molecule has 0 aromatic carbocycles. The van der Waals surface area contributed by atoms with Crippen LogP contribution < -0.4 is 0 Å². The first-order valence-corrected chi connectivity index (χ1v) is 4.30. The highest BCUT2D eigenvalue weighted by Gasteiger charge is 2.19. The molecule has 1 rings (SSSR count). The van der Waals surface area contributed by atoms with Crippen LogP contribution in [0.25, 0.3) is 0 Å². The number of ketones is 1. The lowest BCUT2D eigenvalue weighted by molar-refractivity contribution is -0.108. The Kier molecular flexibility index (Phi) is 2.29. The topological polar surface area (TPSA) is 17.1 Å². The Bertz CT molecular complexity index is 289. The number of carbonyl (C=O) groups is 1. The molecule has 0 aromatic rings. The number of allylic oxidation sites excluding steroid dienone is 4. The SMILES string of the molecule is CC(C)(C)C1=CC(=S)C(=O)C=C1. The standard InChI is InChI=1S/C10H12OS/c1-10(2,3)7-4-5-8(11)9(12)6-7/h4-6H,1-3H3. The fraction of sp³-hybridized carbons (Fsp3) is 0.400. The molecule has 0 heterocycles. The van der Waals surface area contributed by atoms with E-state index in [1.54, 1.807) is 12.2 Å². The summed E-state index contributed by atoms with van der Waals surface area (Å²) < 4.78 is 0. The maximum atomic E-state index is 11.0. The molecule has 0 saturated heterocycles. The third-order valence-electron chi connectivity index (χ3n) is 1.81. The zero-order valence-corrected chi connectivity index (χ0v) is 8.37. The van der Waals surface area contributed by atoms with Gasteiger partial charge in [0.15, 0.2) is 5.78 Å². The van der Waals surface area contributed by atoms with Crippen molar-refractivity contribution in [1.82, 2.24) is 0 Å². The van der Waals surface area contributed by atoms with Crippen LogP contribution in [0.1, 0.15) is 20.8 Å². The van der Waals surface area contributed by atoms with E-state index in [4.69, 9.17) is 12.2 Å². The van der Waals surface area contributed by atoms with Gasteiger partial charge in [0.1, 0.15) is 0 Å². The number of rotatable bonds is 0. The van der Waals surface area contributed by atoms with Crippen LogP contribution in [0.4, 0.5) is 0 Å². The Labute approximate surface area is 78.2 Å². The van der Waals surface area contributed by atoms with Crippen molar-refractivity contribution in [2.24, 2.45) is 5.41 Å². The molecular formula is C10H12OS. The van der Waals surface area contributed by atoms with Crippen molar-refractivity contribution in [2.75, 3.05) is 0 Å². The Hall–Kier alpha value is -0.760. The first-order valence-electron chi connectivity index (χ1n) is 3.90. The van der Waals surface area contributed by atoms with Crippen LogP contribution in [0.2, 0.25) is 0 Å². The summed E-state index contributed by atoms with van der Waals surface area (Å²) in [6, 6.07) is 0. The van der Waals surface area contributed by atoms with Crippen molar-refractivity contribution in [2.45, 2.75) is 20.8 Å². The van der Waals surface area contributed by atoms with Crippen LogP contribution in [0.3, 0.4) is 0 Å². The van der Waals surface area contributed by atoms with Crippen LogP contribution in [0.15, 0.2) is 23.8 Å². The molecule has 2 heteroatoms. The van der Waals surface area contributed by atoms with E-state index in [1.807, 2.05) is 6.08 Å². The Balaban J connectivity index is 2.99. The monoisotopic (exact) mass is 180 g/mol. The third-order valence-corrected chi connectivity index (χ3v) is 2.13. The molecule has 0 amide bonds. The predicted octanol–water partition coefficient (Wildman–Crippen LogP) is 2.47. The van der Waals surface area contributed by atoms with Crippen molar-refractivity contribution < 1.29 is 4.79 Å². The molecule has 0 bridgehead atoms. The molecule has 0 aromatic heterocycles. The molecular weight excluding hydrogens is 168 g/mol. The maximum absolute atomic E-state index is 11.0. The quantitative estimate of drug-likeness (QED) is 0.533. The molecule has 0 radical (unpaired) electrons. The average molecular weight is 180 g/mol. The Morgan fingerprint density at radius 2 is 1.83 bits per heavy atom. The highest BCUT2D eigenvalue weighted by atomic mass is 32.1. The van der Waals surface area contributed by atoms with Crippen molar-refractivity contribution in [3.05, 3.63) is 23.8 Å². The van der Waals surface area contributed by atoms with E-state index in [-0.39, 0.29) is 11.2 Å². The predicted molar refractivity (Wildman–Crippen MR) is 54.3 cm³/mol. The van der Waals surface area contributed by atoms with Gasteiger partial charge in [0.25, 0.3) is 0 Å². The van der Waals surface area contributed by atoms with E-state index in [0.717, 1.165) is 5.57 Å². The molecule has 1 nitrogen and oxygen atoms in total. The first kappa shape index (κ1) is 9.33. The summed E-state index contributed by atoms with van der Waals surface area (Å²) in [5.41, 5.74) is 1.19. The summed E-state index contributed by atoms with van der Waals surface area (Å²) in [7, 11) is 0. The highest BCUT2D eigenvalue weighted by Crippen LogP contribution is 2.27. The second kappa shape index (κ2) is 2.94. The van der Waals surface area contributed by atoms with Gasteiger partial charge in [-0.2, -0.15) is 0 Å². The van der Waals surface area contributed by atoms with Gasteiger partial charge in [0.05, 0.1) is 4.86 Å². The van der Waals surface area contributed by atoms with Gasteiger partial charge >= 0.3 is 0 Å². The molecule has 0 aliphatic heterocycles. The van der Waals surface area contributed by atoms with Crippen molar-refractivity contribution >= 4 is 22.9 Å². The van der Waals surface area contributed by atoms with Crippen LogP contribution in [0.5, 0.6) is 0 Å². The molecule has 64 valence electrons. The normalized spacial score (nSPS) is 18.1. The van der Waals surface area contributed by atoms with E-state index < -0.39 is 0 Å². The van der Waals surface area contributed by atoms with E-state index in [9.17, 15) is 4.79 Å². The van der Waals surface area contributed by atoms with Gasteiger partial charge in [0, 0.05) is 0 Å². The zero-order chi connectivity index (χ0) is 9.35. The van der Waals surface area contributed by atoms with Gasteiger partial charge in [-0.05, 0) is 23.1 Å². The van der Waals surface area contributed by atoms with Gasteiger partial charge < -0.3 is 0 Å². The molecule has 0 N–H and O–H groups in total. The average Bonchev–Trinajstić information content (AvgIpc) is 1.92. The summed E-state index contributed by atoms with van der Waals surface area (Å²) in [6.07, 6.45) is 5.18. The van der Waals surface area contributed by atoms with Gasteiger partial charge in [-0.1, -0.05) is 39.1 Å². The van der Waals surface area contributed by atoms with E-state index >= 15 is 0 Å². The summed E-state index contributed by atoms with van der Waals surface area (Å²) >= 11 is 4.90. The van der Waals surface area contributed by atoms with Crippen LogP contribution in [-0.4, -0.2) is 10.6 Å². The van der Waals surface area contributed by atoms with Crippen molar-refractivity contribution in [3.8, 4) is 0 Å². The smallest absolute Gasteiger partial charge is 0.196 e.